The number of furan rings is 1. The monoisotopic (exact) mass is 303 g/mol. The molecule has 0 aliphatic carbocycles. The molecule has 0 bridgehead atoms. The molecule has 5 heteroatoms. The summed E-state index contributed by atoms with van der Waals surface area (Å²) in [7, 11) is 1.63. The number of amides is 1. The van der Waals surface area contributed by atoms with Gasteiger partial charge in [0, 0.05) is 19.7 Å². The Morgan fingerprint density at radius 2 is 2.29 bits per heavy atom. The molecule has 0 spiro atoms. The largest absolute Gasteiger partial charge is 0.444 e. The van der Waals surface area contributed by atoms with Crippen molar-refractivity contribution in [3.05, 3.63) is 22.6 Å². The van der Waals surface area contributed by atoms with Crippen molar-refractivity contribution in [3.8, 4) is 0 Å². The van der Waals surface area contributed by atoms with E-state index in [4.69, 9.17) is 9.15 Å². The minimum Gasteiger partial charge on any atom is -0.444 e. The van der Waals surface area contributed by atoms with Crippen molar-refractivity contribution in [2.24, 2.45) is 0 Å². The molecule has 1 aromatic heterocycles. The van der Waals surface area contributed by atoms with Gasteiger partial charge < -0.3 is 14.1 Å². The fourth-order valence-corrected chi connectivity index (χ4v) is 1.81. The molecule has 0 aliphatic heterocycles. The Hall–Kier alpha value is -0.810. The highest BCUT2D eigenvalue weighted by atomic mass is 79.9. The van der Waals surface area contributed by atoms with Gasteiger partial charge in [-0.15, -0.1) is 0 Å². The maximum atomic E-state index is 12.2. The number of hydrogen-bond acceptors (Lipinski definition) is 3. The predicted octanol–water partition coefficient (Wildman–Crippen LogP) is 2.93. The normalized spacial score (nSPS) is 12.5. The number of ether oxygens (including phenoxy) is 1. The van der Waals surface area contributed by atoms with Gasteiger partial charge in [0.05, 0.1) is 6.61 Å². The van der Waals surface area contributed by atoms with Crippen LogP contribution in [0.3, 0.4) is 0 Å². The van der Waals surface area contributed by atoms with Gasteiger partial charge >= 0.3 is 0 Å². The van der Waals surface area contributed by atoms with Crippen molar-refractivity contribution in [2.45, 2.75) is 26.3 Å². The molecule has 1 aromatic rings. The summed E-state index contributed by atoms with van der Waals surface area (Å²) in [5, 5.41) is 0. The molecule has 0 aliphatic rings. The maximum absolute atomic E-state index is 12.2. The van der Waals surface area contributed by atoms with Crippen LogP contribution in [-0.2, 0) is 4.74 Å². The van der Waals surface area contributed by atoms with Crippen molar-refractivity contribution in [2.75, 3.05) is 20.3 Å². The van der Waals surface area contributed by atoms with Crippen LogP contribution in [-0.4, -0.2) is 37.1 Å². The molecule has 96 valence electrons. The van der Waals surface area contributed by atoms with Crippen molar-refractivity contribution in [3.63, 3.8) is 0 Å². The van der Waals surface area contributed by atoms with E-state index in [-0.39, 0.29) is 11.9 Å². The third kappa shape index (κ3) is 3.85. The van der Waals surface area contributed by atoms with Gasteiger partial charge in [-0.1, -0.05) is 6.92 Å². The second-order valence-electron chi connectivity index (χ2n) is 3.85. The number of halogens is 1. The Balaban J connectivity index is 2.78. The lowest BCUT2D eigenvalue weighted by Crippen LogP contribution is -2.40. The summed E-state index contributed by atoms with van der Waals surface area (Å²) in [6, 6.07) is 3.56. The van der Waals surface area contributed by atoms with Crippen molar-refractivity contribution >= 4 is 21.8 Å². The Morgan fingerprint density at radius 3 is 2.76 bits per heavy atom. The van der Waals surface area contributed by atoms with E-state index in [1.54, 1.807) is 24.1 Å². The van der Waals surface area contributed by atoms with E-state index in [2.05, 4.69) is 22.9 Å². The lowest BCUT2D eigenvalue weighted by atomic mass is 10.2. The van der Waals surface area contributed by atoms with Crippen LogP contribution in [0.1, 0.15) is 30.8 Å². The zero-order valence-electron chi connectivity index (χ0n) is 10.4. The number of methoxy groups -OCH3 is 1. The molecule has 1 amide bonds. The van der Waals surface area contributed by atoms with Gasteiger partial charge in [0.25, 0.3) is 5.91 Å². The van der Waals surface area contributed by atoms with Crippen LogP contribution in [0, 0.1) is 0 Å². The van der Waals surface area contributed by atoms with Crippen LogP contribution >= 0.6 is 15.9 Å². The highest BCUT2D eigenvalue weighted by Gasteiger charge is 2.22. The minimum absolute atomic E-state index is 0.0953. The van der Waals surface area contributed by atoms with Gasteiger partial charge in [0.1, 0.15) is 0 Å². The van der Waals surface area contributed by atoms with Crippen LogP contribution in [0.25, 0.3) is 0 Å². The van der Waals surface area contributed by atoms with Crippen LogP contribution in [0.15, 0.2) is 21.2 Å². The first-order valence-electron chi connectivity index (χ1n) is 5.65. The van der Waals surface area contributed by atoms with Gasteiger partial charge in [-0.3, -0.25) is 4.79 Å². The summed E-state index contributed by atoms with van der Waals surface area (Å²) in [6.07, 6.45) is 0.900. The topological polar surface area (TPSA) is 42.7 Å². The maximum Gasteiger partial charge on any atom is 0.289 e. The first kappa shape index (κ1) is 14.3. The van der Waals surface area contributed by atoms with Crippen LogP contribution in [0.5, 0.6) is 0 Å². The first-order chi connectivity index (χ1) is 8.10. The molecule has 0 fully saturated rings. The zero-order valence-corrected chi connectivity index (χ0v) is 12.0. The van der Waals surface area contributed by atoms with Crippen molar-refractivity contribution in [1.82, 2.24) is 4.90 Å². The quantitative estimate of drug-likeness (QED) is 0.811. The second-order valence-corrected chi connectivity index (χ2v) is 4.63. The Morgan fingerprint density at radius 1 is 1.59 bits per heavy atom. The molecule has 4 nitrogen and oxygen atoms in total. The van der Waals surface area contributed by atoms with E-state index in [1.165, 1.54) is 0 Å². The fraction of sp³-hybridized carbons (Fsp3) is 0.583. The first-order valence-corrected chi connectivity index (χ1v) is 6.44. The molecule has 1 atom stereocenters. The van der Waals surface area contributed by atoms with Gasteiger partial charge in [0.15, 0.2) is 10.4 Å². The summed E-state index contributed by atoms with van der Waals surface area (Å²) in [4.78, 5) is 14.0. The van der Waals surface area contributed by atoms with Crippen molar-refractivity contribution in [1.29, 1.82) is 0 Å². The molecule has 1 rings (SSSR count). The molecule has 17 heavy (non-hydrogen) atoms. The Bertz CT molecular complexity index is 364. The van der Waals surface area contributed by atoms with E-state index in [9.17, 15) is 4.79 Å². The van der Waals surface area contributed by atoms with Gasteiger partial charge in [-0.2, -0.15) is 0 Å². The fourth-order valence-electron chi connectivity index (χ4n) is 1.50. The molecule has 1 heterocycles. The highest BCUT2D eigenvalue weighted by Crippen LogP contribution is 2.17. The number of carbonyl (C=O) groups is 1. The Labute approximate surface area is 110 Å². The summed E-state index contributed by atoms with van der Waals surface area (Å²) < 4.78 is 10.9. The average molecular weight is 304 g/mol. The van der Waals surface area contributed by atoms with Gasteiger partial charge in [0.2, 0.25) is 0 Å². The zero-order chi connectivity index (χ0) is 12.8. The lowest BCUT2D eigenvalue weighted by molar-refractivity contribution is 0.0581. The van der Waals surface area contributed by atoms with E-state index in [0.29, 0.717) is 23.6 Å². The number of carbonyl (C=O) groups excluding carboxylic acids is 1. The third-order valence-electron chi connectivity index (χ3n) is 2.70. The summed E-state index contributed by atoms with van der Waals surface area (Å²) >= 11 is 3.19. The summed E-state index contributed by atoms with van der Waals surface area (Å²) in [5.41, 5.74) is 0. The van der Waals surface area contributed by atoms with Crippen molar-refractivity contribution < 1.29 is 13.9 Å². The van der Waals surface area contributed by atoms with Gasteiger partial charge in [-0.05, 0) is 41.4 Å². The molecule has 0 saturated carbocycles. The van der Waals surface area contributed by atoms with E-state index in [1.807, 2.05) is 6.92 Å². The second kappa shape index (κ2) is 6.81. The van der Waals surface area contributed by atoms with E-state index < -0.39 is 0 Å². The summed E-state index contributed by atoms with van der Waals surface area (Å²) in [6.45, 7) is 5.17. The van der Waals surface area contributed by atoms with Crippen LogP contribution < -0.4 is 0 Å². The third-order valence-corrected chi connectivity index (χ3v) is 3.13. The minimum atomic E-state index is -0.0953. The van der Waals surface area contributed by atoms with Gasteiger partial charge in [-0.25, -0.2) is 0 Å². The lowest BCUT2D eigenvalue weighted by Gasteiger charge is -2.27. The predicted molar refractivity (Wildman–Crippen MR) is 69.1 cm³/mol. The van der Waals surface area contributed by atoms with E-state index in [0.717, 1.165) is 6.42 Å². The molecule has 0 N–H and O–H groups in total. The number of rotatable bonds is 6. The molecular weight excluding hydrogens is 286 g/mol. The SMILES string of the molecule is CCC(C)N(CCOC)C(=O)c1ccc(Br)o1. The summed E-state index contributed by atoms with van der Waals surface area (Å²) in [5.74, 6) is 0.260. The smallest absolute Gasteiger partial charge is 0.289 e. The van der Waals surface area contributed by atoms with Crippen LogP contribution in [0.2, 0.25) is 0 Å². The molecule has 1 unspecified atom stereocenters. The number of nitrogens with zero attached hydrogens (tertiary/aromatic N) is 1. The number of hydrogen-bond donors (Lipinski definition) is 0. The molecule has 0 aromatic carbocycles. The highest BCUT2D eigenvalue weighted by molar-refractivity contribution is 9.10. The Kier molecular flexibility index (Phi) is 5.71. The average Bonchev–Trinajstić information content (AvgIpc) is 2.75. The molecule has 0 radical (unpaired) electrons. The molecular formula is C12H18BrNO3. The van der Waals surface area contributed by atoms with Crippen LogP contribution in [0.4, 0.5) is 0 Å². The standard InChI is InChI=1S/C12H18BrNO3/c1-4-9(2)14(7-8-16-3)12(15)10-5-6-11(13)17-10/h5-6,9H,4,7-8H2,1-3H3. The molecule has 0 saturated heterocycles. The van der Waals surface area contributed by atoms with E-state index >= 15 is 0 Å².